The molecule has 0 aliphatic heterocycles. The third-order valence-electron chi connectivity index (χ3n) is 4.88. The largest absolute Gasteiger partial charge is 0.350 e. The van der Waals surface area contributed by atoms with Crippen LogP contribution in [0.4, 0.5) is 10.5 Å². The fraction of sp³-hybridized carbons (Fsp3) is 0.292. The van der Waals surface area contributed by atoms with Gasteiger partial charge < -0.3 is 20.5 Å². The van der Waals surface area contributed by atoms with Gasteiger partial charge in [0.05, 0.1) is 0 Å². The van der Waals surface area contributed by atoms with E-state index in [1.165, 1.54) is 0 Å². The van der Waals surface area contributed by atoms with Crippen molar-refractivity contribution in [3.05, 3.63) is 82.9 Å². The molecule has 0 spiro atoms. The number of hydrogen-bond donors (Lipinski definition) is 3. The van der Waals surface area contributed by atoms with Crippen molar-refractivity contribution in [3.63, 3.8) is 0 Å². The molecule has 3 amide bonds. The van der Waals surface area contributed by atoms with Crippen LogP contribution in [0.1, 0.15) is 46.7 Å². The molecule has 0 bridgehead atoms. The molecular formula is C24H29N5O2. The van der Waals surface area contributed by atoms with E-state index in [0.717, 1.165) is 29.1 Å². The van der Waals surface area contributed by atoms with E-state index in [0.29, 0.717) is 17.8 Å². The lowest BCUT2D eigenvalue weighted by molar-refractivity contribution is 0.0942. The van der Waals surface area contributed by atoms with Gasteiger partial charge in [0.2, 0.25) is 0 Å². The Labute approximate surface area is 182 Å². The number of aryl methyl sites for hydroxylation is 2. The first-order chi connectivity index (χ1) is 14.8. The third kappa shape index (κ3) is 6.18. The molecule has 0 saturated carbocycles. The molecule has 3 aromatic rings. The van der Waals surface area contributed by atoms with E-state index in [1.54, 1.807) is 18.3 Å². The van der Waals surface area contributed by atoms with E-state index in [9.17, 15) is 9.59 Å². The zero-order valence-corrected chi connectivity index (χ0v) is 18.4. The lowest BCUT2D eigenvalue weighted by atomic mass is 10.1. The van der Waals surface area contributed by atoms with Crippen molar-refractivity contribution < 1.29 is 9.59 Å². The minimum atomic E-state index is -0.324. The fourth-order valence-corrected chi connectivity index (χ4v) is 3.25. The molecule has 3 N–H and O–H groups in total. The number of anilines is 1. The average Bonchev–Trinajstić information content (AvgIpc) is 3.12. The molecule has 31 heavy (non-hydrogen) atoms. The smallest absolute Gasteiger partial charge is 0.319 e. The average molecular weight is 420 g/mol. The van der Waals surface area contributed by atoms with Crippen molar-refractivity contribution in [3.8, 4) is 0 Å². The summed E-state index contributed by atoms with van der Waals surface area (Å²) in [5.74, 6) is 0.809. The molecule has 0 unspecified atom stereocenters. The summed E-state index contributed by atoms with van der Waals surface area (Å²) >= 11 is 0. The number of benzene rings is 2. The molecule has 1 heterocycles. The second-order valence-electron chi connectivity index (χ2n) is 7.89. The highest BCUT2D eigenvalue weighted by Crippen LogP contribution is 2.16. The quantitative estimate of drug-likeness (QED) is 0.541. The number of imidazole rings is 1. The lowest BCUT2D eigenvalue weighted by Gasteiger charge is -2.13. The number of nitrogens with one attached hydrogen (secondary N) is 3. The predicted molar refractivity (Wildman–Crippen MR) is 122 cm³/mol. The molecule has 0 fully saturated rings. The van der Waals surface area contributed by atoms with Crippen molar-refractivity contribution >= 4 is 17.6 Å². The Morgan fingerprint density at radius 1 is 1.06 bits per heavy atom. The lowest BCUT2D eigenvalue weighted by Crippen LogP contribution is -2.31. The van der Waals surface area contributed by atoms with Gasteiger partial charge >= 0.3 is 6.03 Å². The number of aromatic nitrogens is 2. The molecule has 0 aliphatic carbocycles. The summed E-state index contributed by atoms with van der Waals surface area (Å²) < 4.78 is 2.07. The summed E-state index contributed by atoms with van der Waals surface area (Å²) in [6, 6.07) is 13.1. The molecule has 0 aliphatic rings. The Kier molecular flexibility index (Phi) is 7.07. The van der Waals surface area contributed by atoms with Crippen LogP contribution in [-0.4, -0.2) is 27.5 Å². The minimum absolute atomic E-state index is 0.0419. The summed E-state index contributed by atoms with van der Waals surface area (Å²) in [6.45, 7) is 8.80. The Hall–Kier alpha value is -3.61. The van der Waals surface area contributed by atoms with E-state index in [4.69, 9.17) is 0 Å². The molecule has 1 aromatic heterocycles. The maximum Gasteiger partial charge on any atom is 0.319 e. The van der Waals surface area contributed by atoms with Gasteiger partial charge in [-0.25, -0.2) is 9.78 Å². The van der Waals surface area contributed by atoms with Gasteiger partial charge in [-0.2, -0.15) is 0 Å². The van der Waals surface area contributed by atoms with Crippen LogP contribution in [0.15, 0.2) is 54.9 Å². The van der Waals surface area contributed by atoms with E-state index in [2.05, 4.69) is 37.6 Å². The van der Waals surface area contributed by atoms with E-state index >= 15 is 0 Å². The van der Waals surface area contributed by atoms with Crippen molar-refractivity contribution in [2.24, 2.45) is 0 Å². The number of rotatable bonds is 7. The molecule has 7 nitrogen and oxygen atoms in total. The highest BCUT2D eigenvalue weighted by atomic mass is 16.2. The van der Waals surface area contributed by atoms with Crippen LogP contribution in [0.2, 0.25) is 0 Å². The van der Waals surface area contributed by atoms with Crippen LogP contribution in [0.3, 0.4) is 0 Å². The molecule has 162 valence electrons. The van der Waals surface area contributed by atoms with Crippen LogP contribution in [0.5, 0.6) is 0 Å². The molecule has 7 heteroatoms. The zero-order chi connectivity index (χ0) is 22.4. The number of hydrogen-bond acceptors (Lipinski definition) is 3. The van der Waals surface area contributed by atoms with Gasteiger partial charge in [0, 0.05) is 42.8 Å². The van der Waals surface area contributed by atoms with Crippen LogP contribution in [-0.2, 0) is 13.1 Å². The summed E-state index contributed by atoms with van der Waals surface area (Å²) in [6.07, 6.45) is 3.74. The Morgan fingerprint density at radius 2 is 1.84 bits per heavy atom. The Morgan fingerprint density at radius 3 is 2.55 bits per heavy atom. The van der Waals surface area contributed by atoms with Gasteiger partial charge in [-0.15, -0.1) is 0 Å². The van der Waals surface area contributed by atoms with Gasteiger partial charge in [-0.3, -0.25) is 4.79 Å². The predicted octanol–water partition coefficient (Wildman–Crippen LogP) is 4.01. The van der Waals surface area contributed by atoms with E-state index in [1.807, 2.05) is 52.1 Å². The zero-order valence-electron chi connectivity index (χ0n) is 18.4. The topological polar surface area (TPSA) is 88.1 Å². The second kappa shape index (κ2) is 9.93. The van der Waals surface area contributed by atoms with Crippen molar-refractivity contribution in [1.82, 2.24) is 20.2 Å². The number of carbonyl (C=O) groups excluding carboxylic acids is 2. The Bertz CT molecular complexity index is 1070. The summed E-state index contributed by atoms with van der Waals surface area (Å²) in [5.41, 5.74) is 4.12. The maximum absolute atomic E-state index is 12.4. The fourth-order valence-electron chi connectivity index (χ4n) is 3.25. The molecular weight excluding hydrogens is 390 g/mol. The molecule has 0 saturated heterocycles. The monoisotopic (exact) mass is 419 g/mol. The van der Waals surface area contributed by atoms with Crippen LogP contribution in [0.25, 0.3) is 0 Å². The Balaban J connectivity index is 1.59. The maximum atomic E-state index is 12.4. The molecule has 0 atom stereocenters. The van der Waals surface area contributed by atoms with Crippen molar-refractivity contribution in [1.29, 1.82) is 0 Å². The number of nitrogens with zero attached hydrogens (tertiary/aromatic N) is 2. The van der Waals surface area contributed by atoms with Gasteiger partial charge in [0.15, 0.2) is 0 Å². The highest BCUT2D eigenvalue weighted by Gasteiger charge is 2.12. The standard InChI is InChI=1S/C24H29N5O2/c1-16(2)27-23(30)22-13-21(9-8-17(22)3)28-24(31)26-14-19-6-5-7-20(12-19)15-29-11-10-25-18(29)4/h5-13,16H,14-15H2,1-4H3,(H,27,30)(H2,26,28,31). The molecule has 0 radical (unpaired) electrons. The first-order valence-electron chi connectivity index (χ1n) is 10.3. The van der Waals surface area contributed by atoms with Gasteiger partial charge in [-0.1, -0.05) is 30.3 Å². The van der Waals surface area contributed by atoms with E-state index < -0.39 is 0 Å². The van der Waals surface area contributed by atoms with E-state index in [-0.39, 0.29) is 18.0 Å². The first-order valence-corrected chi connectivity index (χ1v) is 10.3. The highest BCUT2D eigenvalue weighted by molar-refractivity contribution is 5.98. The minimum Gasteiger partial charge on any atom is -0.350 e. The van der Waals surface area contributed by atoms with Crippen LogP contribution < -0.4 is 16.0 Å². The van der Waals surface area contributed by atoms with Crippen molar-refractivity contribution in [2.75, 3.05) is 5.32 Å². The van der Waals surface area contributed by atoms with Gasteiger partial charge in [-0.05, 0) is 56.5 Å². The first kappa shape index (κ1) is 22.1. The summed E-state index contributed by atoms with van der Waals surface area (Å²) in [4.78, 5) is 29.0. The SMILES string of the molecule is Cc1ccc(NC(=O)NCc2cccc(Cn3ccnc3C)c2)cc1C(=O)NC(C)C. The number of amides is 3. The summed E-state index contributed by atoms with van der Waals surface area (Å²) in [7, 11) is 0. The molecule has 2 aromatic carbocycles. The van der Waals surface area contributed by atoms with Crippen molar-refractivity contribution in [2.45, 2.75) is 46.8 Å². The molecule has 3 rings (SSSR count). The summed E-state index contributed by atoms with van der Waals surface area (Å²) in [5, 5.41) is 8.55. The van der Waals surface area contributed by atoms with Gasteiger partial charge in [0.1, 0.15) is 5.82 Å². The van der Waals surface area contributed by atoms with Crippen LogP contribution >= 0.6 is 0 Å². The second-order valence-corrected chi connectivity index (χ2v) is 7.89. The number of urea groups is 1. The normalized spacial score (nSPS) is 10.7. The van der Waals surface area contributed by atoms with Gasteiger partial charge in [0.25, 0.3) is 5.91 Å². The third-order valence-corrected chi connectivity index (χ3v) is 4.88. The number of carbonyl (C=O) groups is 2. The van der Waals surface area contributed by atoms with Crippen LogP contribution in [0, 0.1) is 13.8 Å².